The Morgan fingerprint density at radius 2 is 2.13 bits per heavy atom. The highest BCUT2D eigenvalue weighted by Gasteiger charge is 2.22. The number of anilines is 1. The van der Waals surface area contributed by atoms with Crippen molar-refractivity contribution in [3.05, 3.63) is 46.3 Å². The van der Waals surface area contributed by atoms with Gasteiger partial charge in [-0.1, -0.05) is 6.07 Å². The molecule has 2 aromatic rings. The maximum atomic E-state index is 11.9. The molecule has 122 valence electrons. The predicted octanol–water partition coefficient (Wildman–Crippen LogP) is 2.69. The largest absolute Gasteiger partial charge is 0.372 e. The Morgan fingerprint density at radius 3 is 2.74 bits per heavy atom. The smallest absolute Gasteiger partial charge is 0.252 e. The van der Waals surface area contributed by atoms with E-state index in [4.69, 9.17) is 4.74 Å². The first kappa shape index (κ1) is 16.0. The molecular weight excluding hydrogens is 310 g/mol. The molecule has 1 saturated heterocycles. The molecule has 0 radical (unpaired) electrons. The number of ether oxygens (including phenoxy) is 1. The van der Waals surface area contributed by atoms with Crippen LogP contribution >= 0.6 is 11.3 Å². The number of carbonyl (C=O) groups is 1. The first-order chi connectivity index (χ1) is 11.1. The zero-order valence-corrected chi connectivity index (χ0v) is 14.2. The van der Waals surface area contributed by atoms with Gasteiger partial charge in [0.15, 0.2) is 0 Å². The van der Waals surface area contributed by atoms with Crippen LogP contribution in [0, 0.1) is 0 Å². The molecule has 3 heterocycles. The second kappa shape index (κ2) is 7.10. The number of morpholine rings is 1. The van der Waals surface area contributed by atoms with E-state index in [2.05, 4.69) is 29.0 Å². The minimum atomic E-state index is -0.0499. The van der Waals surface area contributed by atoms with Crippen molar-refractivity contribution in [3.63, 3.8) is 0 Å². The summed E-state index contributed by atoms with van der Waals surface area (Å²) in [6, 6.07) is 5.85. The fourth-order valence-corrected chi connectivity index (χ4v) is 3.39. The normalized spacial score (nSPS) is 21.2. The molecule has 3 rings (SSSR count). The Kier molecular flexibility index (Phi) is 4.93. The average Bonchev–Trinajstić information content (AvgIpc) is 3.07. The summed E-state index contributed by atoms with van der Waals surface area (Å²) in [5.41, 5.74) is 1.70. The van der Waals surface area contributed by atoms with E-state index in [-0.39, 0.29) is 18.1 Å². The van der Waals surface area contributed by atoms with Gasteiger partial charge in [-0.15, -0.1) is 0 Å². The van der Waals surface area contributed by atoms with E-state index < -0.39 is 0 Å². The monoisotopic (exact) mass is 331 g/mol. The third-order valence-electron chi connectivity index (χ3n) is 3.79. The van der Waals surface area contributed by atoms with Gasteiger partial charge in [0.1, 0.15) is 5.82 Å². The number of nitrogens with zero attached hydrogens (tertiary/aromatic N) is 2. The van der Waals surface area contributed by atoms with Crippen molar-refractivity contribution < 1.29 is 9.53 Å². The van der Waals surface area contributed by atoms with Crippen LogP contribution in [0.1, 0.15) is 29.8 Å². The van der Waals surface area contributed by atoms with Crippen molar-refractivity contribution >= 4 is 23.1 Å². The van der Waals surface area contributed by atoms with E-state index in [1.165, 1.54) is 11.3 Å². The first-order valence-electron chi connectivity index (χ1n) is 7.77. The van der Waals surface area contributed by atoms with Crippen LogP contribution in [0.25, 0.3) is 0 Å². The van der Waals surface area contributed by atoms with E-state index in [1.807, 2.05) is 35.2 Å². The summed E-state index contributed by atoms with van der Waals surface area (Å²) in [7, 11) is 0. The second-order valence-corrected chi connectivity index (χ2v) is 6.66. The van der Waals surface area contributed by atoms with Gasteiger partial charge in [-0.05, 0) is 36.9 Å². The van der Waals surface area contributed by atoms with Crippen LogP contribution in [-0.2, 0) is 11.3 Å². The van der Waals surface area contributed by atoms with Crippen LogP contribution in [0.4, 0.5) is 5.82 Å². The molecule has 2 aromatic heterocycles. The van der Waals surface area contributed by atoms with Gasteiger partial charge in [0.05, 0.1) is 12.2 Å². The highest BCUT2D eigenvalue weighted by Crippen LogP contribution is 2.18. The SMILES string of the molecule is C[C@@H]1CN(c2ccc(CNC(=O)c3ccsc3)cn2)C[C@@H](C)O1. The molecule has 0 spiro atoms. The maximum absolute atomic E-state index is 11.9. The molecule has 1 amide bonds. The zero-order valence-electron chi connectivity index (χ0n) is 13.4. The van der Waals surface area contributed by atoms with E-state index in [9.17, 15) is 4.79 Å². The van der Waals surface area contributed by atoms with Gasteiger partial charge in [-0.2, -0.15) is 11.3 Å². The number of amides is 1. The van der Waals surface area contributed by atoms with E-state index >= 15 is 0 Å². The van der Waals surface area contributed by atoms with Gasteiger partial charge < -0.3 is 15.0 Å². The average molecular weight is 331 g/mol. The molecule has 5 nitrogen and oxygen atoms in total. The summed E-state index contributed by atoms with van der Waals surface area (Å²) in [6.07, 6.45) is 2.25. The molecule has 1 aliphatic heterocycles. The fourth-order valence-electron chi connectivity index (χ4n) is 2.75. The lowest BCUT2D eigenvalue weighted by Crippen LogP contribution is -2.45. The molecule has 0 unspecified atom stereocenters. The third kappa shape index (κ3) is 4.09. The van der Waals surface area contributed by atoms with Gasteiger partial charge >= 0.3 is 0 Å². The highest BCUT2D eigenvalue weighted by atomic mass is 32.1. The molecular formula is C17H21N3O2S. The molecule has 0 aromatic carbocycles. The van der Waals surface area contributed by atoms with E-state index in [0.717, 1.165) is 24.5 Å². The number of nitrogens with one attached hydrogen (secondary N) is 1. The maximum Gasteiger partial charge on any atom is 0.252 e. The second-order valence-electron chi connectivity index (χ2n) is 5.88. The molecule has 2 atom stereocenters. The third-order valence-corrected chi connectivity index (χ3v) is 4.47. The summed E-state index contributed by atoms with van der Waals surface area (Å²) >= 11 is 1.52. The molecule has 0 bridgehead atoms. The van der Waals surface area contributed by atoms with Crippen LogP contribution in [0.3, 0.4) is 0 Å². The number of rotatable bonds is 4. The van der Waals surface area contributed by atoms with Gasteiger partial charge in [0.25, 0.3) is 5.91 Å². The zero-order chi connectivity index (χ0) is 16.2. The molecule has 1 aliphatic rings. The fraction of sp³-hybridized carbons (Fsp3) is 0.412. The van der Waals surface area contributed by atoms with E-state index in [0.29, 0.717) is 12.1 Å². The van der Waals surface area contributed by atoms with Crippen molar-refractivity contribution in [2.75, 3.05) is 18.0 Å². The van der Waals surface area contributed by atoms with Gasteiger partial charge in [-0.25, -0.2) is 4.98 Å². The number of pyridine rings is 1. The summed E-state index contributed by atoms with van der Waals surface area (Å²) in [4.78, 5) is 18.7. The van der Waals surface area contributed by atoms with Crippen LogP contribution in [0.15, 0.2) is 35.2 Å². The lowest BCUT2D eigenvalue weighted by molar-refractivity contribution is -0.00546. The molecule has 23 heavy (non-hydrogen) atoms. The number of aromatic nitrogens is 1. The topological polar surface area (TPSA) is 54.5 Å². The lowest BCUT2D eigenvalue weighted by atomic mass is 10.2. The Morgan fingerprint density at radius 1 is 1.35 bits per heavy atom. The first-order valence-corrected chi connectivity index (χ1v) is 8.72. The molecule has 1 fully saturated rings. The molecule has 0 aliphatic carbocycles. The van der Waals surface area contributed by atoms with Crippen LogP contribution in [-0.4, -0.2) is 36.2 Å². The van der Waals surface area contributed by atoms with Gasteiger partial charge in [0.2, 0.25) is 0 Å². The minimum absolute atomic E-state index is 0.0499. The summed E-state index contributed by atoms with van der Waals surface area (Å²) in [6.45, 7) is 6.35. The van der Waals surface area contributed by atoms with E-state index in [1.54, 1.807) is 0 Å². The number of thiophene rings is 1. The highest BCUT2D eigenvalue weighted by molar-refractivity contribution is 7.08. The van der Waals surface area contributed by atoms with Crippen LogP contribution in [0.5, 0.6) is 0 Å². The van der Waals surface area contributed by atoms with Crippen LogP contribution < -0.4 is 10.2 Å². The van der Waals surface area contributed by atoms with Crippen molar-refractivity contribution in [2.24, 2.45) is 0 Å². The molecule has 0 saturated carbocycles. The van der Waals surface area contributed by atoms with Crippen molar-refractivity contribution in [1.29, 1.82) is 0 Å². The van der Waals surface area contributed by atoms with Crippen molar-refractivity contribution in [1.82, 2.24) is 10.3 Å². The summed E-state index contributed by atoms with van der Waals surface area (Å²) in [5, 5.41) is 6.65. The number of hydrogen-bond donors (Lipinski definition) is 1. The molecule has 6 heteroatoms. The Hall–Kier alpha value is -1.92. The van der Waals surface area contributed by atoms with Crippen LogP contribution in [0.2, 0.25) is 0 Å². The van der Waals surface area contributed by atoms with Gasteiger partial charge in [0, 0.05) is 36.8 Å². The molecule has 1 N–H and O–H groups in total. The Labute approximate surface area is 140 Å². The quantitative estimate of drug-likeness (QED) is 0.936. The van der Waals surface area contributed by atoms with Crippen molar-refractivity contribution in [2.45, 2.75) is 32.6 Å². The van der Waals surface area contributed by atoms with Crippen molar-refractivity contribution in [3.8, 4) is 0 Å². The summed E-state index contributed by atoms with van der Waals surface area (Å²) < 4.78 is 5.75. The predicted molar refractivity (Wildman–Crippen MR) is 91.9 cm³/mol. The summed E-state index contributed by atoms with van der Waals surface area (Å²) in [5.74, 6) is 0.908. The number of hydrogen-bond acceptors (Lipinski definition) is 5. The Balaban J connectivity index is 1.58. The standard InChI is InChI=1S/C17H21N3O2S/c1-12-9-20(10-13(2)22-12)16-4-3-14(7-18-16)8-19-17(21)15-5-6-23-11-15/h3-7,11-13H,8-10H2,1-2H3,(H,19,21)/t12-,13-/m1/s1. The van der Waals surface area contributed by atoms with Gasteiger partial charge in [-0.3, -0.25) is 4.79 Å². The number of carbonyl (C=O) groups excluding carboxylic acids is 1. The minimum Gasteiger partial charge on any atom is -0.372 e. The Bertz CT molecular complexity index is 632. The lowest BCUT2D eigenvalue weighted by Gasteiger charge is -2.36.